The number of hydrogen-bond donors (Lipinski definition) is 0. The summed E-state index contributed by atoms with van der Waals surface area (Å²) in [4.78, 5) is 0. The summed E-state index contributed by atoms with van der Waals surface area (Å²) >= 11 is 0. The normalized spacial score (nSPS) is 11.9. The second kappa shape index (κ2) is 5.90. The molecule has 2 nitrogen and oxygen atoms in total. The zero-order valence-electron chi connectivity index (χ0n) is 13.1. The monoisotopic (exact) mass is 302 g/mol. The van der Waals surface area contributed by atoms with Gasteiger partial charge in [-0.25, -0.2) is 0 Å². The number of fused-ring (bicyclic) bond motifs is 3. The predicted octanol–water partition coefficient (Wildman–Crippen LogP) is 4.91. The van der Waals surface area contributed by atoms with E-state index in [4.69, 9.17) is 9.47 Å². The van der Waals surface area contributed by atoms with E-state index in [2.05, 4.69) is 54.6 Å². The summed E-state index contributed by atoms with van der Waals surface area (Å²) in [6.07, 6.45) is 1.00. The molecule has 0 bridgehead atoms. The van der Waals surface area contributed by atoms with Crippen LogP contribution in [0.5, 0.6) is 5.75 Å². The predicted molar refractivity (Wildman–Crippen MR) is 92.6 cm³/mol. The van der Waals surface area contributed by atoms with E-state index in [-0.39, 0.29) is 6.79 Å². The maximum absolute atomic E-state index is 5.47. The SMILES string of the molecule is COCOc1ccc(-c2cccc3c2Cc2ccccc2-3)cc1. The molecular formula is C21H18O2. The van der Waals surface area contributed by atoms with E-state index in [1.165, 1.54) is 33.4 Å². The highest BCUT2D eigenvalue weighted by Gasteiger charge is 2.20. The van der Waals surface area contributed by atoms with E-state index in [9.17, 15) is 0 Å². The van der Waals surface area contributed by atoms with Gasteiger partial charge in [0.15, 0.2) is 6.79 Å². The molecule has 4 rings (SSSR count). The Balaban J connectivity index is 1.71. The summed E-state index contributed by atoms with van der Waals surface area (Å²) in [6.45, 7) is 0.273. The van der Waals surface area contributed by atoms with Crippen LogP contribution in [0.1, 0.15) is 11.1 Å². The van der Waals surface area contributed by atoms with Crippen LogP contribution in [0.2, 0.25) is 0 Å². The van der Waals surface area contributed by atoms with Gasteiger partial charge in [0.1, 0.15) is 5.75 Å². The molecule has 0 aliphatic heterocycles. The second-order valence-corrected chi connectivity index (χ2v) is 5.74. The second-order valence-electron chi connectivity index (χ2n) is 5.74. The van der Waals surface area contributed by atoms with Crippen molar-refractivity contribution >= 4 is 0 Å². The van der Waals surface area contributed by atoms with Crippen molar-refractivity contribution in [3.8, 4) is 28.0 Å². The highest BCUT2D eigenvalue weighted by molar-refractivity contribution is 5.84. The molecule has 0 saturated carbocycles. The molecule has 114 valence electrons. The van der Waals surface area contributed by atoms with Gasteiger partial charge < -0.3 is 9.47 Å². The molecule has 0 fully saturated rings. The van der Waals surface area contributed by atoms with Crippen LogP contribution in [0, 0.1) is 0 Å². The Kier molecular flexibility index (Phi) is 3.60. The first kappa shape index (κ1) is 14.0. The van der Waals surface area contributed by atoms with E-state index >= 15 is 0 Å². The quantitative estimate of drug-likeness (QED) is 0.499. The molecule has 0 atom stereocenters. The summed E-state index contributed by atoms with van der Waals surface area (Å²) in [7, 11) is 1.62. The van der Waals surface area contributed by atoms with Gasteiger partial charge in [0.05, 0.1) is 0 Å². The van der Waals surface area contributed by atoms with Gasteiger partial charge in [-0.2, -0.15) is 0 Å². The summed E-state index contributed by atoms with van der Waals surface area (Å²) < 4.78 is 10.4. The first-order chi connectivity index (χ1) is 11.4. The minimum atomic E-state index is 0.273. The Morgan fingerprint density at radius 2 is 1.52 bits per heavy atom. The van der Waals surface area contributed by atoms with Crippen molar-refractivity contribution in [3.63, 3.8) is 0 Å². The Hall–Kier alpha value is -2.58. The molecule has 0 N–H and O–H groups in total. The van der Waals surface area contributed by atoms with Crippen molar-refractivity contribution in [3.05, 3.63) is 77.9 Å². The minimum absolute atomic E-state index is 0.273. The third kappa shape index (κ3) is 2.51. The lowest BCUT2D eigenvalue weighted by molar-refractivity contribution is 0.0511. The maximum Gasteiger partial charge on any atom is 0.188 e. The molecule has 0 saturated heterocycles. The van der Waals surface area contributed by atoms with Crippen molar-refractivity contribution < 1.29 is 9.47 Å². The van der Waals surface area contributed by atoms with Crippen LogP contribution in [0.15, 0.2) is 66.7 Å². The van der Waals surface area contributed by atoms with Crippen molar-refractivity contribution in [2.75, 3.05) is 13.9 Å². The molecule has 0 amide bonds. The molecule has 0 radical (unpaired) electrons. The van der Waals surface area contributed by atoms with Gasteiger partial charge in [0, 0.05) is 7.11 Å². The summed E-state index contributed by atoms with van der Waals surface area (Å²) in [5.41, 5.74) is 8.08. The summed E-state index contributed by atoms with van der Waals surface area (Å²) in [6, 6.07) is 23.5. The van der Waals surface area contributed by atoms with Gasteiger partial charge in [-0.05, 0) is 51.9 Å². The van der Waals surface area contributed by atoms with Crippen LogP contribution >= 0.6 is 0 Å². The number of methoxy groups -OCH3 is 1. The third-order valence-corrected chi connectivity index (χ3v) is 4.36. The molecule has 0 spiro atoms. The molecule has 0 heterocycles. The molecule has 3 aromatic carbocycles. The zero-order valence-corrected chi connectivity index (χ0v) is 13.1. The number of ether oxygens (including phenoxy) is 2. The Morgan fingerprint density at radius 1 is 0.783 bits per heavy atom. The fraction of sp³-hybridized carbons (Fsp3) is 0.143. The number of rotatable bonds is 4. The van der Waals surface area contributed by atoms with E-state index in [0.29, 0.717) is 0 Å². The maximum atomic E-state index is 5.47. The van der Waals surface area contributed by atoms with Crippen LogP contribution in [-0.4, -0.2) is 13.9 Å². The summed E-state index contributed by atoms with van der Waals surface area (Å²) in [5.74, 6) is 0.825. The lowest BCUT2D eigenvalue weighted by Crippen LogP contribution is -1.98. The largest absolute Gasteiger partial charge is 0.468 e. The third-order valence-electron chi connectivity index (χ3n) is 4.36. The molecule has 2 heteroatoms. The van der Waals surface area contributed by atoms with E-state index in [1.54, 1.807) is 7.11 Å². The van der Waals surface area contributed by atoms with Crippen LogP contribution < -0.4 is 4.74 Å². The van der Waals surface area contributed by atoms with Gasteiger partial charge in [-0.1, -0.05) is 54.6 Å². The standard InChI is InChI=1S/C21H18O2/c1-22-14-23-17-11-9-15(10-12-17)18-7-4-8-20-19-6-3-2-5-16(19)13-21(18)20/h2-12H,13-14H2,1H3. The smallest absolute Gasteiger partial charge is 0.188 e. The Labute approximate surface area is 136 Å². The van der Waals surface area contributed by atoms with Gasteiger partial charge in [0.25, 0.3) is 0 Å². The molecule has 3 aromatic rings. The zero-order chi connectivity index (χ0) is 15.6. The van der Waals surface area contributed by atoms with E-state index in [1.807, 2.05) is 12.1 Å². The van der Waals surface area contributed by atoms with Crippen LogP contribution in [-0.2, 0) is 11.2 Å². The van der Waals surface area contributed by atoms with E-state index < -0.39 is 0 Å². The molecule has 1 aliphatic rings. The van der Waals surface area contributed by atoms with Crippen molar-refractivity contribution in [2.24, 2.45) is 0 Å². The number of hydrogen-bond acceptors (Lipinski definition) is 2. The van der Waals surface area contributed by atoms with Gasteiger partial charge in [-0.15, -0.1) is 0 Å². The van der Waals surface area contributed by atoms with Crippen molar-refractivity contribution in [1.82, 2.24) is 0 Å². The fourth-order valence-electron chi connectivity index (χ4n) is 3.29. The molecule has 1 aliphatic carbocycles. The average Bonchev–Trinajstić information content (AvgIpc) is 2.99. The van der Waals surface area contributed by atoms with Crippen LogP contribution in [0.4, 0.5) is 0 Å². The van der Waals surface area contributed by atoms with Crippen molar-refractivity contribution in [1.29, 1.82) is 0 Å². The molecular weight excluding hydrogens is 284 g/mol. The van der Waals surface area contributed by atoms with Gasteiger partial charge in [0.2, 0.25) is 0 Å². The first-order valence-electron chi connectivity index (χ1n) is 7.79. The Morgan fingerprint density at radius 3 is 2.35 bits per heavy atom. The molecule has 23 heavy (non-hydrogen) atoms. The first-order valence-corrected chi connectivity index (χ1v) is 7.79. The van der Waals surface area contributed by atoms with Gasteiger partial charge >= 0.3 is 0 Å². The highest BCUT2D eigenvalue weighted by atomic mass is 16.7. The van der Waals surface area contributed by atoms with Gasteiger partial charge in [-0.3, -0.25) is 0 Å². The lowest BCUT2D eigenvalue weighted by atomic mass is 9.96. The highest BCUT2D eigenvalue weighted by Crippen LogP contribution is 2.41. The average molecular weight is 302 g/mol. The molecule has 0 aromatic heterocycles. The van der Waals surface area contributed by atoms with Crippen molar-refractivity contribution in [2.45, 2.75) is 6.42 Å². The fourth-order valence-corrected chi connectivity index (χ4v) is 3.29. The topological polar surface area (TPSA) is 18.5 Å². The van der Waals surface area contributed by atoms with Crippen LogP contribution in [0.3, 0.4) is 0 Å². The minimum Gasteiger partial charge on any atom is -0.468 e. The lowest BCUT2D eigenvalue weighted by Gasteiger charge is -2.10. The molecule has 0 unspecified atom stereocenters. The van der Waals surface area contributed by atoms with E-state index in [0.717, 1.165) is 12.2 Å². The number of benzene rings is 3. The van der Waals surface area contributed by atoms with Crippen LogP contribution in [0.25, 0.3) is 22.3 Å². The summed E-state index contributed by atoms with van der Waals surface area (Å²) in [5, 5.41) is 0. The Bertz CT molecular complexity index is 835.